The summed E-state index contributed by atoms with van der Waals surface area (Å²) >= 11 is 1.65. The molecule has 0 spiro atoms. The molecule has 0 radical (unpaired) electrons. The number of nitrogens with one attached hydrogen (secondary N) is 2. The fourth-order valence-corrected chi connectivity index (χ4v) is 3.55. The van der Waals surface area contributed by atoms with Crippen LogP contribution in [0.4, 0.5) is 4.39 Å². The van der Waals surface area contributed by atoms with Crippen LogP contribution in [-0.2, 0) is 16.6 Å². The highest BCUT2D eigenvalue weighted by atomic mass is 32.2. The Hall–Kier alpha value is -0.630. The van der Waals surface area contributed by atoms with E-state index in [9.17, 15) is 12.8 Å². The number of thioether (sulfide) groups is 1. The van der Waals surface area contributed by atoms with Crippen LogP contribution in [-0.4, -0.2) is 33.0 Å². The van der Waals surface area contributed by atoms with Crippen molar-refractivity contribution in [2.75, 3.05) is 18.6 Å². The zero-order valence-electron chi connectivity index (χ0n) is 12.1. The van der Waals surface area contributed by atoms with Crippen LogP contribution in [0.25, 0.3) is 0 Å². The molecule has 0 aliphatic heterocycles. The van der Waals surface area contributed by atoms with Crippen molar-refractivity contribution in [3.8, 4) is 0 Å². The average Bonchev–Trinajstić information content (AvgIpc) is 3.27. The van der Waals surface area contributed by atoms with Gasteiger partial charge in [0.25, 0.3) is 0 Å². The summed E-state index contributed by atoms with van der Waals surface area (Å²) < 4.78 is 40.5. The molecule has 1 saturated carbocycles. The maximum absolute atomic E-state index is 13.8. The molecule has 1 aromatic rings. The lowest BCUT2D eigenvalue weighted by Gasteiger charge is -2.10. The molecule has 0 heterocycles. The number of halogens is 1. The molecular formula is C14H21FN2O2S2. The molecule has 4 nitrogen and oxygen atoms in total. The van der Waals surface area contributed by atoms with E-state index in [0.717, 1.165) is 30.6 Å². The summed E-state index contributed by atoms with van der Waals surface area (Å²) in [5, 5.41) is 3.29. The lowest BCUT2D eigenvalue weighted by molar-refractivity contribution is 0.555. The van der Waals surface area contributed by atoms with Crippen LogP contribution < -0.4 is 10.0 Å². The molecule has 0 aromatic heterocycles. The Balaban J connectivity index is 2.03. The van der Waals surface area contributed by atoms with Gasteiger partial charge in [0.1, 0.15) is 10.7 Å². The summed E-state index contributed by atoms with van der Waals surface area (Å²) in [5.41, 5.74) is 0.785. The van der Waals surface area contributed by atoms with Gasteiger partial charge in [-0.15, -0.1) is 0 Å². The molecule has 0 saturated heterocycles. The smallest absolute Gasteiger partial charge is 0.243 e. The first kappa shape index (κ1) is 16.7. The number of sulfonamides is 1. The van der Waals surface area contributed by atoms with Gasteiger partial charge in [0, 0.05) is 19.1 Å². The minimum Gasteiger partial charge on any atom is -0.310 e. The quantitative estimate of drug-likeness (QED) is 0.680. The lowest BCUT2D eigenvalue weighted by Crippen LogP contribution is -2.26. The highest BCUT2D eigenvalue weighted by Gasteiger charge is 2.22. The van der Waals surface area contributed by atoms with Crippen LogP contribution in [0.2, 0.25) is 0 Å². The van der Waals surface area contributed by atoms with Crippen molar-refractivity contribution in [2.45, 2.75) is 36.7 Å². The third-order valence-corrected chi connectivity index (χ3v) is 5.45. The number of rotatable bonds is 9. The van der Waals surface area contributed by atoms with E-state index in [2.05, 4.69) is 10.0 Å². The average molecular weight is 332 g/mol. The molecule has 1 aromatic carbocycles. The van der Waals surface area contributed by atoms with Crippen LogP contribution in [0.5, 0.6) is 0 Å². The minimum atomic E-state index is -3.78. The molecule has 7 heteroatoms. The van der Waals surface area contributed by atoms with E-state index >= 15 is 0 Å². The molecule has 2 N–H and O–H groups in total. The number of hydrogen-bond donors (Lipinski definition) is 2. The molecule has 0 atom stereocenters. The third kappa shape index (κ3) is 5.25. The van der Waals surface area contributed by atoms with Gasteiger partial charge < -0.3 is 5.32 Å². The Morgan fingerprint density at radius 2 is 2.14 bits per heavy atom. The van der Waals surface area contributed by atoms with Gasteiger partial charge in [0.15, 0.2) is 0 Å². The normalized spacial score (nSPS) is 15.3. The predicted octanol–water partition coefficient (Wildman–Crippen LogP) is 2.11. The first-order valence-corrected chi connectivity index (χ1v) is 9.91. The predicted molar refractivity (Wildman–Crippen MR) is 84.4 cm³/mol. The van der Waals surface area contributed by atoms with E-state index < -0.39 is 15.8 Å². The number of hydrogen-bond acceptors (Lipinski definition) is 4. The van der Waals surface area contributed by atoms with E-state index in [1.54, 1.807) is 17.8 Å². The van der Waals surface area contributed by atoms with E-state index in [1.807, 2.05) is 6.26 Å². The van der Waals surface area contributed by atoms with Crippen LogP contribution in [0.15, 0.2) is 23.1 Å². The fraction of sp³-hybridized carbons (Fsp3) is 0.571. The fourth-order valence-electron chi connectivity index (χ4n) is 1.91. The molecule has 0 amide bonds. The highest BCUT2D eigenvalue weighted by Crippen LogP contribution is 2.21. The maximum Gasteiger partial charge on any atom is 0.243 e. The van der Waals surface area contributed by atoms with Gasteiger partial charge in [0.05, 0.1) is 0 Å². The Kier molecular flexibility index (Phi) is 6.04. The zero-order chi connectivity index (χ0) is 15.3. The Bertz CT molecular complexity index is 574. The molecule has 118 valence electrons. The third-order valence-electron chi connectivity index (χ3n) is 3.27. The van der Waals surface area contributed by atoms with Crippen molar-refractivity contribution < 1.29 is 12.8 Å². The van der Waals surface area contributed by atoms with Crippen molar-refractivity contribution in [3.05, 3.63) is 29.6 Å². The SMILES string of the molecule is CSCCCNS(=O)(=O)c1cc(CNC2CC2)ccc1F. The first-order chi connectivity index (χ1) is 10.0. The van der Waals surface area contributed by atoms with E-state index in [-0.39, 0.29) is 4.90 Å². The van der Waals surface area contributed by atoms with Gasteiger partial charge in [-0.2, -0.15) is 11.8 Å². The van der Waals surface area contributed by atoms with E-state index in [4.69, 9.17) is 0 Å². The largest absolute Gasteiger partial charge is 0.310 e. The summed E-state index contributed by atoms with van der Waals surface area (Å²) in [7, 11) is -3.78. The summed E-state index contributed by atoms with van der Waals surface area (Å²) in [5.74, 6) is 0.165. The van der Waals surface area contributed by atoms with E-state index in [0.29, 0.717) is 19.1 Å². The summed E-state index contributed by atoms with van der Waals surface area (Å²) in [6, 6.07) is 4.79. The summed E-state index contributed by atoms with van der Waals surface area (Å²) in [6.07, 6.45) is 5.00. The van der Waals surface area contributed by atoms with Crippen molar-refractivity contribution >= 4 is 21.8 Å². The van der Waals surface area contributed by atoms with Crippen LogP contribution in [0.3, 0.4) is 0 Å². The lowest BCUT2D eigenvalue weighted by atomic mass is 10.2. The second kappa shape index (κ2) is 7.58. The van der Waals surface area contributed by atoms with Crippen LogP contribution >= 0.6 is 11.8 Å². The first-order valence-electron chi connectivity index (χ1n) is 7.03. The van der Waals surface area contributed by atoms with Crippen LogP contribution in [0, 0.1) is 5.82 Å². The molecule has 1 aliphatic rings. The molecular weight excluding hydrogens is 311 g/mol. The highest BCUT2D eigenvalue weighted by molar-refractivity contribution is 7.98. The standard InChI is InChI=1S/C14H21FN2O2S2/c1-20-8-2-7-17-21(18,19)14-9-11(3-6-13(14)15)10-16-12-4-5-12/h3,6,9,12,16-17H,2,4-5,7-8,10H2,1H3. The molecule has 2 rings (SSSR count). The van der Waals surface area contributed by atoms with Crippen LogP contribution in [0.1, 0.15) is 24.8 Å². The topological polar surface area (TPSA) is 58.2 Å². The Morgan fingerprint density at radius 3 is 2.81 bits per heavy atom. The molecule has 21 heavy (non-hydrogen) atoms. The van der Waals surface area contributed by atoms with Gasteiger partial charge in [-0.25, -0.2) is 17.5 Å². The molecule has 0 unspecified atom stereocenters. The van der Waals surface area contributed by atoms with Gasteiger partial charge in [-0.1, -0.05) is 6.07 Å². The monoisotopic (exact) mass is 332 g/mol. The van der Waals surface area contributed by atoms with Crippen molar-refractivity contribution in [1.29, 1.82) is 0 Å². The Morgan fingerprint density at radius 1 is 1.38 bits per heavy atom. The molecule has 1 fully saturated rings. The minimum absolute atomic E-state index is 0.262. The van der Waals surface area contributed by atoms with Gasteiger partial charge in [0.2, 0.25) is 10.0 Å². The van der Waals surface area contributed by atoms with Crippen molar-refractivity contribution in [3.63, 3.8) is 0 Å². The van der Waals surface area contributed by atoms with Gasteiger partial charge >= 0.3 is 0 Å². The second-order valence-electron chi connectivity index (χ2n) is 5.16. The van der Waals surface area contributed by atoms with E-state index in [1.165, 1.54) is 12.1 Å². The van der Waals surface area contributed by atoms with Gasteiger partial charge in [-0.05, 0) is 49.0 Å². The van der Waals surface area contributed by atoms with Crippen molar-refractivity contribution in [1.82, 2.24) is 10.0 Å². The van der Waals surface area contributed by atoms with Crippen molar-refractivity contribution in [2.24, 2.45) is 0 Å². The second-order valence-corrected chi connectivity index (χ2v) is 7.89. The summed E-state index contributed by atoms with van der Waals surface area (Å²) in [4.78, 5) is -0.262. The molecule has 1 aliphatic carbocycles. The maximum atomic E-state index is 13.8. The molecule has 0 bridgehead atoms. The van der Waals surface area contributed by atoms with Gasteiger partial charge in [-0.3, -0.25) is 0 Å². The zero-order valence-corrected chi connectivity index (χ0v) is 13.7. The Labute approximate surface area is 129 Å². The number of benzene rings is 1. The summed E-state index contributed by atoms with van der Waals surface area (Å²) in [6.45, 7) is 0.896.